The number of nitrogens with zero attached hydrogens (tertiary/aromatic N) is 1. The zero-order valence-electron chi connectivity index (χ0n) is 17.7. The molecule has 0 aliphatic rings. The van der Waals surface area contributed by atoms with E-state index < -0.39 is 6.04 Å². The smallest absolute Gasteiger partial charge is 0.242 e. The average Bonchev–Trinajstić information content (AvgIpc) is 2.75. The molecule has 0 aliphatic carbocycles. The van der Waals surface area contributed by atoms with Gasteiger partial charge in [-0.25, -0.2) is 0 Å². The first-order valence-corrected chi connectivity index (χ1v) is 12.9. The number of nitrogens with one attached hydrogen (secondary N) is 1. The highest BCUT2D eigenvalue weighted by Gasteiger charge is 2.28. The summed E-state index contributed by atoms with van der Waals surface area (Å²) in [6, 6.07) is 12.8. The molecule has 0 aliphatic heterocycles. The average molecular weight is 546 g/mol. The van der Waals surface area contributed by atoms with E-state index in [0.29, 0.717) is 29.6 Å². The molecule has 31 heavy (non-hydrogen) atoms. The predicted molar refractivity (Wildman–Crippen MR) is 135 cm³/mol. The number of thioether (sulfide) groups is 1. The van der Waals surface area contributed by atoms with Crippen LogP contribution in [0.4, 0.5) is 0 Å². The van der Waals surface area contributed by atoms with E-state index in [9.17, 15) is 9.59 Å². The Labute approximate surface area is 207 Å². The second-order valence-electron chi connectivity index (χ2n) is 7.10. The highest BCUT2D eigenvalue weighted by atomic mass is 79.9. The third-order valence-electron chi connectivity index (χ3n) is 4.68. The van der Waals surface area contributed by atoms with E-state index in [0.717, 1.165) is 27.8 Å². The Morgan fingerprint density at radius 3 is 2.35 bits per heavy atom. The molecule has 0 radical (unpaired) electrons. The van der Waals surface area contributed by atoms with Crippen LogP contribution in [0.3, 0.4) is 0 Å². The summed E-state index contributed by atoms with van der Waals surface area (Å²) in [4.78, 5) is 27.6. The molecule has 2 amide bonds. The van der Waals surface area contributed by atoms with Gasteiger partial charge in [-0.1, -0.05) is 71.2 Å². The summed E-state index contributed by atoms with van der Waals surface area (Å²) in [5.74, 6) is 0.801. The molecule has 0 saturated carbocycles. The number of benzene rings is 2. The van der Waals surface area contributed by atoms with Gasteiger partial charge in [-0.15, -0.1) is 11.8 Å². The maximum absolute atomic E-state index is 13.2. The minimum atomic E-state index is -0.540. The van der Waals surface area contributed by atoms with Crippen molar-refractivity contribution < 1.29 is 9.59 Å². The molecule has 2 aromatic carbocycles. The Balaban J connectivity index is 2.13. The molecule has 168 valence electrons. The van der Waals surface area contributed by atoms with Crippen molar-refractivity contribution in [2.24, 2.45) is 0 Å². The molecule has 1 unspecified atom stereocenters. The lowest BCUT2D eigenvalue weighted by Crippen LogP contribution is -2.49. The van der Waals surface area contributed by atoms with Crippen molar-refractivity contribution in [2.75, 3.05) is 12.3 Å². The molecular formula is C23H27BrCl2N2O2S. The van der Waals surface area contributed by atoms with Crippen molar-refractivity contribution in [3.63, 3.8) is 0 Å². The SMILES string of the molecule is CCCNC(=O)C(CC)N(Cc1ccc(Cl)c(Cl)c1)C(=O)CSCc1ccc(Br)cc1. The van der Waals surface area contributed by atoms with Gasteiger partial charge in [0.25, 0.3) is 0 Å². The van der Waals surface area contributed by atoms with Gasteiger partial charge in [0, 0.05) is 23.3 Å². The zero-order chi connectivity index (χ0) is 22.8. The van der Waals surface area contributed by atoms with Gasteiger partial charge in [0.15, 0.2) is 0 Å². The minimum absolute atomic E-state index is 0.0771. The number of rotatable bonds is 11. The maximum atomic E-state index is 13.2. The van der Waals surface area contributed by atoms with E-state index in [1.165, 1.54) is 11.8 Å². The van der Waals surface area contributed by atoms with Crippen LogP contribution in [0, 0.1) is 0 Å². The molecule has 4 nitrogen and oxygen atoms in total. The van der Waals surface area contributed by atoms with Gasteiger partial charge in [-0.3, -0.25) is 9.59 Å². The lowest BCUT2D eigenvalue weighted by Gasteiger charge is -2.30. The highest BCUT2D eigenvalue weighted by molar-refractivity contribution is 9.10. The molecule has 0 saturated heterocycles. The van der Waals surface area contributed by atoms with E-state index in [4.69, 9.17) is 23.2 Å². The first kappa shape index (κ1) is 26.0. The van der Waals surface area contributed by atoms with E-state index in [1.807, 2.05) is 44.2 Å². The monoisotopic (exact) mass is 544 g/mol. The Morgan fingerprint density at radius 2 is 1.74 bits per heavy atom. The molecule has 8 heteroatoms. The molecule has 2 rings (SSSR count). The van der Waals surface area contributed by atoms with Crippen LogP contribution in [-0.2, 0) is 21.9 Å². The van der Waals surface area contributed by atoms with E-state index in [1.54, 1.807) is 17.0 Å². The van der Waals surface area contributed by atoms with Crippen LogP contribution < -0.4 is 5.32 Å². The number of carbonyl (C=O) groups is 2. The third kappa shape index (κ3) is 8.33. The minimum Gasteiger partial charge on any atom is -0.354 e. The summed E-state index contributed by atoms with van der Waals surface area (Å²) in [6.07, 6.45) is 1.37. The maximum Gasteiger partial charge on any atom is 0.242 e. The first-order chi connectivity index (χ1) is 14.8. The molecule has 0 heterocycles. The summed E-state index contributed by atoms with van der Waals surface area (Å²) >= 11 is 17.2. The van der Waals surface area contributed by atoms with Crippen LogP contribution >= 0.6 is 50.9 Å². The Bertz CT molecular complexity index is 880. The zero-order valence-corrected chi connectivity index (χ0v) is 21.6. The van der Waals surface area contributed by atoms with Crippen molar-refractivity contribution in [3.05, 3.63) is 68.1 Å². The molecule has 0 fully saturated rings. The van der Waals surface area contributed by atoms with Gasteiger partial charge in [0.2, 0.25) is 11.8 Å². The lowest BCUT2D eigenvalue weighted by molar-refractivity contribution is -0.139. The van der Waals surface area contributed by atoms with Gasteiger partial charge in [0.05, 0.1) is 15.8 Å². The van der Waals surface area contributed by atoms with Crippen LogP contribution in [0.25, 0.3) is 0 Å². The summed E-state index contributed by atoms with van der Waals surface area (Å²) in [6.45, 7) is 4.80. The number of amides is 2. The lowest BCUT2D eigenvalue weighted by atomic mass is 10.1. The Kier molecular flexibility index (Phi) is 11.2. The second kappa shape index (κ2) is 13.4. The van der Waals surface area contributed by atoms with Gasteiger partial charge >= 0.3 is 0 Å². The largest absolute Gasteiger partial charge is 0.354 e. The molecule has 1 N–H and O–H groups in total. The second-order valence-corrected chi connectivity index (χ2v) is 9.82. The van der Waals surface area contributed by atoms with Gasteiger partial charge in [-0.2, -0.15) is 0 Å². The fraction of sp³-hybridized carbons (Fsp3) is 0.391. The topological polar surface area (TPSA) is 49.4 Å². The molecule has 2 aromatic rings. The fourth-order valence-electron chi connectivity index (χ4n) is 3.04. The fourth-order valence-corrected chi connectivity index (χ4v) is 4.50. The van der Waals surface area contributed by atoms with Crippen molar-refractivity contribution in [1.29, 1.82) is 0 Å². The quantitative estimate of drug-likeness (QED) is 0.359. The third-order valence-corrected chi connectivity index (χ3v) is 6.94. The van der Waals surface area contributed by atoms with Gasteiger partial charge < -0.3 is 10.2 Å². The van der Waals surface area contributed by atoms with E-state index in [2.05, 4.69) is 21.2 Å². The highest BCUT2D eigenvalue weighted by Crippen LogP contribution is 2.24. The van der Waals surface area contributed by atoms with Crippen molar-refractivity contribution in [1.82, 2.24) is 10.2 Å². The molecule has 0 spiro atoms. The van der Waals surface area contributed by atoms with Crippen LogP contribution in [0.5, 0.6) is 0 Å². The normalized spacial score (nSPS) is 11.8. The van der Waals surface area contributed by atoms with Crippen LogP contribution in [0.2, 0.25) is 10.0 Å². The van der Waals surface area contributed by atoms with Crippen molar-refractivity contribution >= 4 is 62.7 Å². The van der Waals surface area contributed by atoms with E-state index in [-0.39, 0.29) is 17.6 Å². The standard InChI is InChI=1S/C23H27BrCl2N2O2S/c1-3-11-27-23(30)21(4-2)28(13-17-7-10-19(25)20(26)12-17)22(29)15-31-14-16-5-8-18(24)9-6-16/h5-10,12,21H,3-4,11,13-15H2,1-2H3,(H,27,30). The predicted octanol–water partition coefficient (Wildman–Crippen LogP) is 6.32. The molecular weight excluding hydrogens is 519 g/mol. The summed E-state index contributed by atoms with van der Waals surface area (Å²) < 4.78 is 1.02. The molecule has 0 aromatic heterocycles. The van der Waals surface area contributed by atoms with Crippen LogP contribution in [0.1, 0.15) is 37.8 Å². The Hall–Kier alpha value is -1.21. The summed E-state index contributed by atoms with van der Waals surface area (Å²) in [5, 5.41) is 3.81. The van der Waals surface area contributed by atoms with Gasteiger partial charge in [-0.05, 0) is 48.2 Å². The van der Waals surface area contributed by atoms with Crippen LogP contribution in [-0.4, -0.2) is 35.1 Å². The van der Waals surface area contributed by atoms with Crippen molar-refractivity contribution in [3.8, 4) is 0 Å². The summed E-state index contributed by atoms with van der Waals surface area (Å²) in [7, 11) is 0. The number of hydrogen-bond acceptors (Lipinski definition) is 3. The number of carbonyl (C=O) groups excluding carboxylic acids is 2. The van der Waals surface area contributed by atoms with Crippen LogP contribution in [0.15, 0.2) is 46.9 Å². The summed E-state index contributed by atoms with van der Waals surface area (Å²) in [5.41, 5.74) is 1.98. The van der Waals surface area contributed by atoms with E-state index >= 15 is 0 Å². The first-order valence-electron chi connectivity index (χ1n) is 10.2. The number of hydrogen-bond donors (Lipinski definition) is 1. The number of halogens is 3. The molecule has 1 atom stereocenters. The van der Waals surface area contributed by atoms with Gasteiger partial charge in [0.1, 0.15) is 6.04 Å². The molecule has 0 bridgehead atoms. The Morgan fingerprint density at radius 1 is 1.06 bits per heavy atom. The van der Waals surface area contributed by atoms with Crippen molar-refractivity contribution in [2.45, 2.75) is 45.0 Å².